The molecular formula is C66H120N2O6P+. The fourth-order valence-electron chi connectivity index (χ4n) is 8.69. The van der Waals surface area contributed by atoms with Crippen LogP contribution in [0.2, 0.25) is 0 Å². The van der Waals surface area contributed by atoms with Gasteiger partial charge in [0.2, 0.25) is 5.91 Å². The lowest BCUT2D eigenvalue weighted by molar-refractivity contribution is -0.870. The SMILES string of the molecule is CC/C=C\C/C=C\C/C=C\C/C=C\C/C=C\CCCCCCCCCCCCCCCC(=O)NC(COP(=O)(O)OCC[N+](C)(C)C)C(O)/C=C/CC/C=C/CC/C=C/CCCCCCCCCCCCCCCC. The van der Waals surface area contributed by atoms with Crippen molar-refractivity contribution < 1.29 is 32.9 Å². The number of aliphatic hydroxyl groups excluding tert-OH is 1. The topological polar surface area (TPSA) is 105 Å². The largest absolute Gasteiger partial charge is 0.472 e. The van der Waals surface area contributed by atoms with Crippen molar-refractivity contribution in [2.45, 2.75) is 276 Å². The van der Waals surface area contributed by atoms with Crippen LogP contribution in [0.1, 0.15) is 264 Å². The predicted molar refractivity (Wildman–Crippen MR) is 327 cm³/mol. The predicted octanol–water partition coefficient (Wildman–Crippen LogP) is 19.4. The first-order valence-corrected chi connectivity index (χ1v) is 32.6. The molecule has 0 aliphatic rings. The molecule has 0 saturated carbocycles. The number of hydrogen-bond donors (Lipinski definition) is 3. The highest BCUT2D eigenvalue weighted by molar-refractivity contribution is 7.47. The molecule has 8 nitrogen and oxygen atoms in total. The number of quaternary nitrogens is 1. The Morgan fingerprint density at radius 2 is 0.813 bits per heavy atom. The molecule has 9 heteroatoms. The van der Waals surface area contributed by atoms with Gasteiger partial charge in [0.15, 0.2) is 0 Å². The van der Waals surface area contributed by atoms with E-state index in [9.17, 15) is 19.4 Å². The summed E-state index contributed by atoms with van der Waals surface area (Å²) in [5.74, 6) is -0.194. The molecule has 0 aromatic rings. The van der Waals surface area contributed by atoms with E-state index in [0.717, 1.165) is 77.0 Å². The molecule has 3 atom stereocenters. The molecule has 0 aromatic carbocycles. The Morgan fingerprint density at radius 3 is 1.23 bits per heavy atom. The summed E-state index contributed by atoms with van der Waals surface area (Å²) in [6.45, 7) is 4.69. The second-order valence-electron chi connectivity index (χ2n) is 22.0. The maximum absolute atomic E-state index is 13.0. The quantitative estimate of drug-likeness (QED) is 0.0243. The average Bonchev–Trinajstić information content (AvgIpc) is 3.37. The Hall–Kier alpha value is -2.58. The Morgan fingerprint density at radius 1 is 0.467 bits per heavy atom. The van der Waals surface area contributed by atoms with Gasteiger partial charge in [-0.25, -0.2) is 4.57 Å². The van der Waals surface area contributed by atoms with Crippen molar-refractivity contribution in [3.8, 4) is 0 Å². The van der Waals surface area contributed by atoms with Crippen LogP contribution in [0.3, 0.4) is 0 Å². The molecule has 0 fully saturated rings. The zero-order valence-electron chi connectivity index (χ0n) is 49.5. The van der Waals surface area contributed by atoms with Crippen LogP contribution in [0.25, 0.3) is 0 Å². The molecule has 0 rings (SSSR count). The van der Waals surface area contributed by atoms with Gasteiger partial charge in [0.1, 0.15) is 13.2 Å². The van der Waals surface area contributed by atoms with Crippen LogP contribution in [-0.4, -0.2) is 73.4 Å². The van der Waals surface area contributed by atoms with Crippen LogP contribution in [0.4, 0.5) is 0 Å². The van der Waals surface area contributed by atoms with E-state index in [0.29, 0.717) is 17.4 Å². The monoisotopic (exact) mass is 1070 g/mol. The summed E-state index contributed by atoms with van der Waals surface area (Å²) >= 11 is 0. The number of hydrogen-bond acceptors (Lipinski definition) is 5. The summed E-state index contributed by atoms with van der Waals surface area (Å²) in [6, 6.07) is -0.877. The number of nitrogens with zero attached hydrogens (tertiary/aromatic N) is 1. The number of amides is 1. The first-order valence-electron chi connectivity index (χ1n) is 31.1. The van der Waals surface area contributed by atoms with Crippen molar-refractivity contribution >= 4 is 13.7 Å². The number of likely N-dealkylation sites (N-methyl/N-ethyl adjacent to an activating group) is 1. The average molecular weight is 1070 g/mol. The Bertz CT molecular complexity index is 1540. The van der Waals surface area contributed by atoms with Crippen LogP contribution in [0.15, 0.2) is 97.2 Å². The van der Waals surface area contributed by atoms with Crippen molar-refractivity contribution in [2.75, 3.05) is 40.9 Å². The van der Waals surface area contributed by atoms with E-state index in [4.69, 9.17) is 9.05 Å². The van der Waals surface area contributed by atoms with E-state index in [1.807, 2.05) is 27.2 Å². The molecule has 3 N–H and O–H groups in total. The van der Waals surface area contributed by atoms with Crippen molar-refractivity contribution in [2.24, 2.45) is 0 Å². The van der Waals surface area contributed by atoms with Gasteiger partial charge in [-0.05, 0) is 89.9 Å². The minimum atomic E-state index is -4.37. The third-order valence-electron chi connectivity index (χ3n) is 13.5. The van der Waals surface area contributed by atoms with Crippen molar-refractivity contribution in [3.05, 3.63) is 97.2 Å². The fraction of sp³-hybridized carbons (Fsp3) is 0.742. The van der Waals surface area contributed by atoms with E-state index in [1.165, 1.54) is 167 Å². The number of aliphatic hydroxyl groups is 1. The molecule has 75 heavy (non-hydrogen) atoms. The lowest BCUT2D eigenvalue weighted by atomic mass is 10.0. The molecule has 0 spiro atoms. The van der Waals surface area contributed by atoms with Crippen molar-refractivity contribution in [1.29, 1.82) is 0 Å². The van der Waals surface area contributed by atoms with Crippen LogP contribution in [0, 0.1) is 0 Å². The van der Waals surface area contributed by atoms with Gasteiger partial charge in [0.25, 0.3) is 0 Å². The zero-order chi connectivity index (χ0) is 54.9. The highest BCUT2D eigenvalue weighted by atomic mass is 31.2. The minimum Gasteiger partial charge on any atom is -0.387 e. The maximum Gasteiger partial charge on any atom is 0.472 e. The number of phosphoric acid groups is 1. The molecule has 0 aliphatic heterocycles. The smallest absolute Gasteiger partial charge is 0.387 e. The van der Waals surface area contributed by atoms with Gasteiger partial charge in [0.05, 0.1) is 39.9 Å². The third-order valence-corrected chi connectivity index (χ3v) is 14.5. The second kappa shape index (κ2) is 56.2. The first kappa shape index (κ1) is 72.4. The number of unbranched alkanes of at least 4 members (excludes halogenated alkanes) is 29. The summed E-state index contributed by atoms with van der Waals surface area (Å²) in [6.07, 6.45) is 81.0. The van der Waals surface area contributed by atoms with Crippen molar-refractivity contribution in [1.82, 2.24) is 5.32 Å². The number of nitrogens with one attached hydrogen (secondary N) is 1. The summed E-state index contributed by atoms with van der Waals surface area (Å²) in [4.78, 5) is 23.4. The number of carbonyl (C=O) groups is 1. The Labute approximate surface area is 464 Å². The summed E-state index contributed by atoms with van der Waals surface area (Å²) in [5, 5.41) is 13.9. The normalized spacial score (nSPS) is 14.5. The van der Waals surface area contributed by atoms with Gasteiger partial charge in [-0.15, -0.1) is 0 Å². The standard InChI is InChI=1S/C66H119N2O6P/c1-6-8-10-12-14-16-18-20-22-24-26-28-30-32-33-34-35-36-38-40-42-44-46-48-50-52-54-56-58-60-66(70)67-64(63-74-75(71,72)73-62-61-68(3,4)5)65(69)59-57-55-53-51-49-47-45-43-41-39-37-31-29-27-25-23-21-19-17-15-13-11-9-7-2/h8,10,14,16,20,22,26,28,32-33,41,43,49,51,57,59,64-65,69H,6-7,9,11-13,15,17-19,21,23-25,27,29-31,34-40,42,44-48,50,52-56,58,60-63H2,1-5H3,(H-,67,70,71,72)/p+1/b10-8-,16-14-,22-20-,28-26-,33-32-,43-41+,51-49+,59-57+. The lowest BCUT2D eigenvalue weighted by Crippen LogP contribution is -2.45. The second-order valence-corrected chi connectivity index (χ2v) is 23.5. The van der Waals surface area contributed by atoms with Crippen LogP contribution >= 0.6 is 7.82 Å². The van der Waals surface area contributed by atoms with Crippen LogP contribution < -0.4 is 5.32 Å². The molecule has 3 unspecified atom stereocenters. The molecule has 0 radical (unpaired) electrons. The Kier molecular flexibility index (Phi) is 54.2. The van der Waals surface area contributed by atoms with Gasteiger partial charge >= 0.3 is 7.82 Å². The Balaban J connectivity index is 4.23. The molecule has 434 valence electrons. The lowest BCUT2D eigenvalue weighted by Gasteiger charge is -2.25. The van der Waals surface area contributed by atoms with Gasteiger partial charge in [-0.3, -0.25) is 13.8 Å². The number of allylic oxidation sites excluding steroid dienone is 15. The first-order chi connectivity index (χ1) is 36.5. The van der Waals surface area contributed by atoms with E-state index in [2.05, 4.69) is 104 Å². The molecule has 0 aliphatic carbocycles. The highest BCUT2D eigenvalue weighted by Gasteiger charge is 2.27. The summed E-state index contributed by atoms with van der Waals surface area (Å²) in [7, 11) is 1.54. The molecule has 0 aromatic heterocycles. The molecule has 1 amide bonds. The maximum atomic E-state index is 13.0. The molecular weight excluding hydrogens is 948 g/mol. The van der Waals surface area contributed by atoms with E-state index in [1.54, 1.807) is 6.08 Å². The van der Waals surface area contributed by atoms with Crippen LogP contribution in [-0.2, 0) is 18.4 Å². The highest BCUT2D eigenvalue weighted by Crippen LogP contribution is 2.43. The van der Waals surface area contributed by atoms with Crippen LogP contribution in [0.5, 0.6) is 0 Å². The number of rotatable bonds is 56. The molecule has 0 bridgehead atoms. The fourth-order valence-corrected chi connectivity index (χ4v) is 9.43. The zero-order valence-corrected chi connectivity index (χ0v) is 50.4. The third kappa shape index (κ3) is 58.9. The number of phosphoric ester groups is 1. The summed E-state index contributed by atoms with van der Waals surface area (Å²) < 4.78 is 23.7. The number of carbonyl (C=O) groups excluding carboxylic acids is 1. The van der Waals surface area contributed by atoms with E-state index >= 15 is 0 Å². The minimum absolute atomic E-state index is 0.0496. The summed E-state index contributed by atoms with van der Waals surface area (Å²) in [5.41, 5.74) is 0. The van der Waals surface area contributed by atoms with E-state index < -0.39 is 20.0 Å². The van der Waals surface area contributed by atoms with Gasteiger partial charge in [-0.2, -0.15) is 0 Å². The van der Waals surface area contributed by atoms with Crippen molar-refractivity contribution in [3.63, 3.8) is 0 Å². The van der Waals surface area contributed by atoms with Gasteiger partial charge in [-0.1, -0.05) is 265 Å². The van der Waals surface area contributed by atoms with Gasteiger partial charge < -0.3 is 19.8 Å². The van der Waals surface area contributed by atoms with E-state index in [-0.39, 0.29) is 19.1 Å². The van der Waals surface area contributed by atoms with Gasteiger partial charge in [0, 0.05) is 6.42 Å². The molecule has 0 heterocycles. The molecule has 0 saturated heterocycles.